The quantitative estimate of drug-likeness (QED) is 0.798. The van der Waals surface area contributed by atoms with E-state index in [2.05, 4.69) is 4.72 Å². The zero-order chi connectivity index (χ0) is 15.6. The summed E-state index contributed by atoms with van der Waals surface area (Å²) in [6.45, 7) is 0.262. The van der Waals surface area contributed by atoms with Crippen molar-refractivity contribution < 1.29 is 27.9 Å². The van der Waals surface area contributed by atoms with Crippen molar-refractivity contribution in [3.63, 3.8) is 0 Å². The normalized spacial score (nSPS) is 18.6. The lowest BCUT2D eigenvalue weighted by Gasteiger charge is -2.10. The second-order valence-corrected chi connectivity index (χ2v) is 6.33. The molecule has 1 fully saturated rings. The molecule has 8 nitrogen and oxygen atoms in total. The van der Waals surface area contributed by atoms with Crippen molar-refractivity contribution in [3.05, 3.63) is 29.8 Å². The smallest absolute Gasteiger partial charge is 0.410 e. The number of carboxylic acid groups (broad SMARTS) is 1. The summed E-state index contributed by atoms with van der Waals surface area (Å²) in [5.41, 5.74) is 0.000276. The van der Waals surface area contributed by atoms with Crippen LogP contribution in [0.2, 0.25) is 0 Å². The topological polar surface area (TPSA) is 113 Å². The third-order valence-electron chi connectivity index (χ3n) is 2.97. The number of likely N-dealkylation sites (N-methyl/N-ethyl adjacent to an activating group) is 1. The number of nitrogens with zero attached hydrogens (tertiary/aromatic N) is 1. The first-order valence-electron chi connectivity index (χ1n) is 6.04. The summed E-state index contributed by atoms with van der Waals surface area (Å²) in [6.07, 6.45) is -1.04. The standard InChI is InChI=1S/C12H14N2O6S/c1-14-7-9(20-12(14)17)6-13-21(18,19)10-4-2-8(3-5-10)11(15)16/h2-5,9,13H,6-7H2,1H3,(H,15,16). The molecule has 114 valence electrons. The Kier molecular flexibility index (Phi) is 4.14. The van der Waals surface area contributed by atoms with Crippen molar-refractivity contribution in [2.24, 2.45) is 0 Å². The van der Waals surface area contributed by atoms with Crippen molar-refractivity contribution in [2.45, 2.75) is 11.0 Å². The van der Waals surface area contributed by atoms with Gasteiger partial charge in [-0.1, -0.05) is 0 Å². The van der Waals surface area contributed by atoms with Crippen LogP contribution in [0, 0.1) is 0 Å². The van der Waals surface area contributed by atoms with E-state index in [1.54, 1.807) is 7.05 Å². The molecule has 0 aromatic heterocycles. The Bertz CT molecular complexity index is 655. The van der Waals surface area contributed by atoms with Crippen LogP contribution in [-0.2, 0) is 14.8 Å². The Balaban J connectivity index is 2.01. The van der Waals surface area contributed by atoms with Crippen molar-refractivity contribution in [1.82, 2.24) is 9.62 Å². The van der Waals surface area contributed by atoms with Gasteiger partial charge in [0.05, 0.1) is 17.0 Å². The van der Waals surface area contributed by atoms with Gasteiger partial charge in [0.15, 0.2) is 0 Å². The average Bonchev–Trinajstić information content (AvgIpc) is 2.76. The molecule has 0 aliphatic carbocycles. The zero-order valence-corrected chi connectivity index (χ0v) is 12.0. The molecule has 0 saturated carbocycles. The van der Waals surface area contributed by atoms with Gasteiger partial charge in [-0.2, -0.15) is 0 Å². The third-order valence-corrected chi connectivity index (χ3v) is 4.41. The molecule has 1 unspecified atom stereocenters. The van der Waals surface area contributed by atoms with Crippen LogP contribution in [0.1, 0.15) is 10.4 Å². The van der Waals surface area contributed by atoms with E-state index in [4.69, 9.17) is 9.84 Å². The van der Waals surface area contributed by atoms with Gasteiger partial charge in [-0.3, -0.25) is 0 Å². The number of benzene rings is 1. The molecular formula is C12H14N2O6S. The van der Waals surface area contributed by atoms with E-state index in [1.807, 2.05) is 0 Å². The lowest BCUT2D eigenvalue weighted by atomic mass is 10.2. The number of carboxylic acids is 1. The highest BCUT2D eigenvalue weighted by atomic mass is 32.2. The number of hydrogen-bond acceptors (Lipinski definition) is 5. The number of aromatic carboxylic acids is 1. The summed E-state index contributed by atoms with van der Waals surface area (Å²) in [6, 6.07) is 4.83. The van der Waals surface area contributed by atoms with Gasteiger partial charge in [0.25, 0.3) is 0 Å². The fourth-order valence-electron chi connectivity index (χ4n) is 1.82. The fraction of sp³-hybridized carbons (Fsp3) is 0.333. The summed E-state index contributed by atoms with van der Waals surface area (Å²) in [7, 11) is -2.22. The Hall–Kier alpha value is -2.13. The molecule has 1 heterocycles. The predicted molar refractivity (Wildman–Crippen MR) is 71.5 cm³/mol. The minimum atomic E-state index is -3.78. The molecule has 1 aromatic carbocycles. The predicted octanol–water partition coefficient (Wildman–Crippen LogP) is 0.114. The molecule has 1 atom stereocenters. The van der Waals surface area contributed by atoms with Crippen LogP contribution in [0.4, 0.5) is 4.79 Å². The number of hydrogen-bond donors (Lipinski definition) is 2. The number of carbonyl (C=O) groups is 2. The number of carbonyl (C=O) groups excluding carboxylic acids is 1. The molecule has 9 heteroatoms. The fourth-order valence-corrected chi connectivity index (χ4v) is 2.89. The maximum atomic E-state index is 12.0. The summed E-state index contributed by atoms with van der Waals surface area (Å²) >= 11 is 0. The van der Waals surface area contributed by atoms with E-state index in [0.717, 1.165) is 0 Å². The largest absolute Gasteiger partial charge is 0.478 e. The highest BCUT2D eigenvalue weighted by molar-refractivity contribution is 7.89. The Morgan fingerprint density at radius 1 is 1.43 bits per heavy atom. The van der Waals surface area contributed by atoms with Crippen molar-refractivity contribution in [3.8, 4) is 0 Å². The summed E-state index contributed by atoms with van der Waals surface area (Å²) in [5.74, 6) is -1.13. The number of nitrogens with one attached hydrogen (secondary N) is 1. The Labute approximate surface area is 121 Å². The van der Waals surface area contributed by atoms with Crippen molar-refractivity contribution in [2.75, 3.05) is 20.1 Å². The van der Waals surface area contributed by atoms with Crippen LogP contribution in [0.15, 0.2) is 29.2 Å². The van der Waals surface area contributed by atoms with E-state index in [1.165, 1.54) is 29.2 Å². The van der Waals surface area contributed by atoms with E-state index >= 15 is 0 Å². The maximum absolute atomic E-state index is 12.0. The van der Waals surface area contributed by atoms with Gasteiger partial charge >= 0.3 is 12.1 Å². The van der Waals surface area contributed by atoms with Crippen molar-refractivity contribution >= 4 is 22.1 Å². The number of cyclic esters (lactones) is 1. The van der Waals surface area contributed by atoms with E-state index < -0.39 is 28.2 Å². The van der Waals surface area contributed by atoms with Crippen LogP contribution in [-0.4, -0.2) is 56.7 Å². The van der Waals surface area contributed by atoms with Gasteiger partial charge in [-0.05, 0) is 24.3 Å². The highest BCUT2D eigenvalue weighted by Gasteiger charge is 2.29. The van der Waals surface area contributed by atoms with E-state index in [9.17, 15) is 18.0 Å². The second-order valence-electron chi connectivity index (χ2n) is 4.57. The molecular weight excluding hydrogens is 300 g/mol. The highest BCUT2D eigenvalue weighted by Crippen LogP contribution is 2.12. The molecule has 1 aliphatic rings. The van der Waals surface area contributed by atoms with Gasteiger partial charge in [0, 0.05) is 13.6 Å². The molecule has 0 bridgehead atoms. The molecule has 0 radical (unpaired) electrons. The first-order valence-corrected chi connectivity index (χ1v) is 7.52. The number of sulfonamides is 1. The average molecular weight is 314 g/mol. The molecule has 1 aromatic rings. The van der Waals surface area contributed by atoms with Gasteiger partial charge in [-0.25, -0.2) is 22.7 Å². The van der Waals surface area contributed by atoms with Gasteiger partial charge in [-0.15, -0.1) is 0 Å². The maximum Gasteiger partial charge on any atom is 0.410 e. The number of amides is 1. The first kappa shape index (κ1) is 15.3. The van der Waals surface area contributed by atoms with E-state index in [0.29, 0.717) is 6.54 Å². The summed E-state index contributed by atoms with van der Waals surface area (Å²) in [5, 5.41) is 8.76. The molecule has 1 aliphatic heterocycles. The second kappa shape index (κ2) is 5.70. The Morgan fingerprint density at radius 3 is 2.52 bits per heavy atom. The summed E-state index contributed by atoms with van der Waals surface area (Å²) < 4.78 is 31.3. The lowest BCUT2D eigenvalue weighted by Crippen LogP contribution is -2.34. The van der Waals surface area contributed by atoms with Gasteiger partial charge in [0.2, 0.25) is 10.0 Å². The minimum absolute atomic E-state index is 0.000276. The summed E-state index contributed by atoms with van der Waals surface area (Å²) in [4.78, 5) is 23.2. The van der Waals surface area contributed by atoms with Gasteiger partial charge < -0.3 is 14.7 Å². The van der Waals surface area contributed by atoms with Crippen LogP contribution in [0.3, 0.4) is 0 Å². The SMILES string of the molecule is CN1CC(CNS(=O)(=O)c2ccc(C(=O)O)cc2)OC1=O. The lowest BCUT2D eigenvalue weighted by molar-refractivity contribution is 0.0696. The Morgan fingerprint density at radius 2 is 2.05 bits per heavy atom. The zero-order valence-electron chi connectivity index (χ0n) is 11.1. The van der Waals surface area contributed by atoms with E-state index in [-0.39, 0.29) is 17.0 Å². The molecule has 1 saturated heterocycles. The van der Waals surface area contributed by atoms with Gasteiger partial charge in [0.1, 0.15) is 6.10 Å². The molecule has 2 rings (SSSR count). The molecule has 21 heavy (non-hydrogen) atoms. The molecule has 2 N–H and O–H groups in total. The molecule has 1 amide bonds. The van der Waals surface area contributed by atoms with Crippen LogP contribution in [0.5, 0.6) is 0 Å². The van der Waals surface area contributed by atoms with Crippen molar-refractivity contribution in [1.29, 1.82) is 0 Å². The van der Waals surface area contributed by atoms with Crippen LogP contribution >= 0.6 is 0 Å². The third kappa shape index (κ3) is 3.50. The first-order chi connectivity index (χ1) is 9.79. The van der Waals surface area contributed by atoms with Crippen LogP contribution in [0.25, 0.3) is 0 Å². The number of ether oxygens (including phenoxy) is 1. The number of rotatable bonds is 5. The molecule has 0 spiro atoms. The monoisotopic (exact) mass is 314 g/mol. The minimum Gasteiger partial charge on any atom is -0.478 e. The van der Waals surface area contributed by atoms with Crippen LogP contribution < -0.4 is 4.72 Å².